The third kappa shape index (κ3) is 4.11. The number of benzene rings is 2. The molecular weight excluding hydrogens is 378 g/mol. The standard InChI is InChI=1S/C25H27NO4/c1-15-11-16(2)13-18(12-15)26-23(27)14-29-22-10-9-20-19-7-5-4-6-8-21(19)25(28)30-24(20)17(22)3/h9-13H,4-8,14H2,1-3H3,(H,26,27). The van der Waals surface area contributed by atoms with Crippen molar-refractivity contribution in [2.75, 3.05) is 11.9 Å². The maximum Gasteiger partial charge on any atom is 0.339 e. The zero-order chi connectivity index (χ0) is 21.3. The van der Waals surface area contributed by atoms with Gasteiger partial charge in [0.25, 0.3) is 5.91 Å². The van der Waals surface area contributed by atoms with Crippen molar-refractivity contribution in [2.24, 2.45) is 0 Å². The molecule has 0 fully saturated rings. The number of hydrogen-bond acceptors (Lipinski definition) is 4. The number of ether oxygens (including phenoxy) is 1. The quantitative estimate of drug-likeness (QED) is 0.490. The molecule has 2 aromatic carbocycles. The van der Waals surface area contributed by atoms with Crippen LogP contribution in [0.2, 0.25) is 0 Å². The monoisotopic (exact) mass is 405 g/mol. The topological polar surface area (TPSA) is 68.5 Å². The molecule has 1 aromatic heterocycles. The first-order valence-corrected chi connectivity index (χ1v) is 10.5. The van der Waals surface area contributed by atoms with E-state index in [1.165, 1.54) is 0 Å². The minimum Gasteiger partial charge on any atom is -0.483 e. The third-order valence-corrected chi connectivity index (χ3v) is 5.70. The van der Waals surface area contributed by atoms with Gasteiger partial charge in [-0.2, -0.15) is 0 Å². The zero-order valence-corrected chi connectivity index (χ0v) is 17.8. The Morgan fingerprint density at radius 3 is 2.43 bits per heavy atom. The average Bonchev–Trinajstić information content (AvgIpc) is 2.94. The molecule has 0 spiro atoms. The van der Waals surface area contributed by atoms with E-state index >= 15 is 0 Å². The fraction of sp³-hybridized carbons (Fsp3) is 0.360. The summed E-state index contributed by atoms with van der Waals surface area (Å²) in [5.41, 5.74) is 5.93. The van der Waals surface area contributed by atoms with Crippen LogP contribution in [0.15, 0.2) is 39.5 Å². The minimum absolute atomic E-state index is 0.117. The van der Waals surface area contributed by atoms with Crippen LogP contribution in [-0.2, 0) is 17.6 Å². The highest BCUT2D eigenvalue weighted by molar-refractivity contribution is 5.92. The van der Waals surface area contributed by atoms with Crippen LogP contribution in [0.4, 0.5) is 5.69 Å². The molecule has 0 bridgehead atoms. The molecule has 1 aliphatic carbocycles. The molecule has 0 saturated carbocycles. The number of rotatable bonds is 4. The molecule has 4 rings (SSSR count). The molecule has 1 aliphatic rings. The van der Waals surface area contributed by atoms with Gasteiger partial charge in [0.1, 0.15) is 11.3 Å². The summed E-state index contributed by atoms with van der Waals surface area (Å²) >= 11 is 0. The van der Waals surface area contributed by atoms with Gasteiger partial charge in [0, 0.05) is 22.2 Å². The molecule has 0 saturated heterocycles. The molecular formula is C25H27NO4. The molecule has 5 nitrogen and oxygen atoms in total. The van der Waals surface area contributed by atoms with Crippen molar-refractivity contribution < 1.29 is 13.9 Å². The second-order valence-corrected chi connectivity index (χ2v) is 8.19. The van der Waals surface area contributed by atoms with Gasteiger partial charge in [-0.05, 0) is 87.4 Å². The average molecular weight is 405 g/mol. The van der Waals surface area contributed by atoms with Crippen molar-refractivity contribution in [2.45, 2.75) is 52.9 Å². The molecule has 0 unspecified atom stereocenters. The minimum atomic E-state index is -0.243. The molecule has 5 heteroatoms. The highest BCUT2D eigenvalue weighted by atomic mass is 16.5. The molecule has 0 atom stereocenters. The van der Waals surface area contributed by atoms with E-state index in [4.69, 9.17) is 9.15 Å². The van der Waals surface area contributed by atoms with Crippen LogP contribution < -0.4 is 15.7 Å². The van der Waals surface area contributed by atoms with E-state index in [0.717, 1.165) is 71.0 Å². The SMILES string of the molecule is Cc1cc(C)cc(NC(=O)COc2ccc3c4c(c(=O)oc3c2C)CCCCC4)c1. The molecule has 3 aromatic rings. The van der Waals surface area contributed by atoms with Crippen molar-refractivity contribution in [1.82, 2.24) is 0 Å². The summed E-state index contributed by atoms with van der Waals surface area (Å²) in [7, 11) is 0. The van der Waals surface area contributed by atoms with Crippen LogP contribution in [0.3, 0.4) is 0 Å². The smallest absolute Gasteiger partial charge is 0.339 e. The number of carbonyl (C=O) groups is 1. The van der Waals surface area contributed by atoms with Crippen molar-refractivity contribution in [3.63, 3.8) is 0 Å². The fourth-order valence-electron chi connectivity index (χ4n) is 4.35. The number of amides is 1. The van der Waals surface area contributed by atoms with Gasteiger partial charge in [-0.15, -0.1) is 0 Å². The maximum absolute atomic E-state index is 12.5. The van der Waals surface area contributed by atoms with Crippen LogP contribution in [-0.4, -0.2) is 12.5 Å². The Labute approximate surface area is 176 Å². The number of fused-ring (bicyclic) bond motifs is 3. The Bertz CT molecular complexity index is 1160. The van der Waals surface area contributed by atoms with E-state index in [1.54, 1.807) is 0 Å². The van der Waals surface area contributed by atoms with Crippen molar-refractivity contribution in [1.29, 1.82) is 0 Å². The number of nitrogens with one attached hydrogen (secondary N) is 1. The first-order valence-electron chi connectivity index (χ1n) is 10.5. The summed E-state index contributed by atoms with van der Waals surface area (Å²) in [5.74, 6) is 0.317. The second kappa shape index (κ2) is 8.34. The van der Waals surface area contributed by atoms with Crippen molar-refractivity contribution in [3.8, 4) is 5.75 Å². The summed E-state index contributed by atoms with van der Waals surface area (Å²) in [6.07, 6.45) is 4.92. The van der Waals surface area contributed by atoms with Crippen LogP contribution >= 0.6 is 0 Å². The Morgan fingerprint density at radius 1 is 1.00 bits per heavy atom. The summed E-state index contributed by atoms with van der Waals surface area (Å²) < 4.78 is 11.5. The lowest BCUT2D eigenvalue weighted by Crippen LogP contribution is -2.20. The fourth-order valence-corrected chi connectivity index (χ4v) is 4.35. The van der Waals surface area contributed by atoms with Crippen molar-refractivity contribution >= 4 is 22.6 Å². The molecule has 0 radical (unpaired) electrons. The molecule has 0 aliphatic heterocycles. The van der Waals surface area contributed by atoms with Gasteiger partial charge in [-0.1, -0.05) is 12.5 Å². The Hall–Kier alpha value is -3.08. The van der Waals surface area contributed by atoms with Gasteiger partial charge in [0.2, 0.25) is 0 Å². The zero-order valence-electron chi connectivity index (χ0n) is 17.8. The Balaban J connectivity index is 1.55. The van der Waals surface area contributed by atoms with Gasteiger partial charge in [0.05, 0.1) is 0 Å². The summed E-state index contributed by atoms with van der Waals surface area (Å²) in [6, 6.07) is 9.72. The first kappa shape index (κ1) is 20.2. The largest absolute Gasteiger partial charge is 0.483 e. The van der Waals surface area contributed by atoms with Crippen LogP contribution in [0, 0.1) is 20.8 Å². The number of carbonyl (C=O) groups excluding carboxylic acids is 1. The third-order valence-electron chi connectivity index (χ3n) is 5.70. The van der Waals surface area contributed by atoms with Crippen LogP contribution in [0.5, 0.6) is 5.75 Å². The molecule has 30 heavy (non-hydrogen) atoms. The van der Waals surface area contributed by atoms with Crippen LogP contribution in [0.1, 0.15) is 47.1 Å². The maximum atomic E-state index is 12.5. The number of hydrogen-bond donors (Lipinski definition) is 1. The van der Waals surface area contributed by atoms with Gasteiger partial charge < -0.3 is 14.5 Å². The van der Waals surface area contributed by atoms with E-state index < -0.39 is 0 Å². The van der Waals surface area contributed by atoms with Crippen molar-refractivity contribution in [3.05, 3.63) is 68.6 Å². The summed E-state index contributed by atoms with van der Waals surface area (Å²) in [6.45, 7) is 5.73. The van der Waals surface area contributed by atoms with Gasteiger partial charge in [-0.3, -0.25) is 4.79 Å². The predicted octanol–water partition coefficient (Wildman–Crippen LogP) is 5.00. The first-order chi connectivity index (χ1) is 14.4. The van der Waals surface area contributed by atoms with Gasteiger partial charge in [-0.25, -0.2) is 4.79 Å². The highest BCUT2D eigenvalue weighted by Gasteiger charge is 2.19. The van der Waals surface area contributed by atoms with E-state index in [9.17, 15) is 9.59 Å². The van der Waals surface area contributed by atoms with E-state index in [2.05, 4.69) is 11.4 Å². The lowest BCUT2D eigenvalue weighted by Gasteiger charge is -2.14. The highest BCUT2D eigenvalue weighted by Crippen LogP contribution is 2.32. The predicted molar refractivity (Wildman–Crippen MR) is 119 cm³/mol. The Morgan fingerprint density at radius 2 is 1.70 bits per heavy atom. The lowest BCUT2D eigenvalue weighted by molar-refractivity contribution is -0.118. The van der Waals surface area contributed by atoms with E-state index in [-0.39, 0.29) is 18.1 Å². The van der Waals surface area contributed by atoms with Crippen LogP contribution in [0.25, 0.3) is 11.0 Å². The number of anilines is 1. The number of aryl methyl sites for hydroxylation is 4. The normalized spacial score (nSPS) is 13.6. The molecule has 156 valence electrons. The Kier molecular flexibility index (Phi) is 5.62. The summed E-state index contributed by atoms with van der Waals surface area (Å²) in [5, 5.41) is 3.85. The molecule has 1 N–H and O–H groups in total. The van der Waals surface area contributed by atoms with Gasteiger partial charge >= 0.3 is 5.63 Å². The van der Waals surface area contributed by atoms with Gasteiger partial charge in [0.15, 0.2) is 6.61 Å². The van der Waals surface area contributed by atoms with E-state index in [1.807, 2.05) is 45.0 Å². The van der Waals surface area contributed by atoms with E-state index in [0.29, 0.717) is 11.3 Å². The second-order valence-electron chi connectivity index (χ2n) is 8.19. The molecule has 1 amide bonds. The summed E-state index contributed by atoms with van der Waals surface area (Å²) in [4.78, 5) is 24.9. The lowest BCUT2D eigenvalue weighted by atomic mass is 9.99. The molecule has 1 heterocycles.